The molecule has 120 valence electrons. The van der Waals surface area contributed by atoms with Crippen LogP contribution in [0.15, 0.2) is 30.3 Å². The lowest BCUT2D eigenvalue weighted by atomic mass is 10.1. The highest BCUT2D eigenvalue weighted by Crippen LogP contribution is 2.25. The van der Waals surface area contributed by atoms with Crippen LogP contribution in [0.25, 0.3) is 0 Å². The van der Waals surface area contributed by atoms with Crippen molar-refractivity contribution in [2.75, 3.05) is 13.1 Å². The topological polar surface area (TPSA) is 58.2 Å². The molecule has 0 spiro atoms. The highest BCUT2D eigenvalue weighted by molar-refractivity contribution is 5.94. The number of carbonyl (C=O) groups is 1. The van der Waals surface area contributed by atoms with Crippen LogP contribution in [0.4, 0.5) is 0 Å². The first-order chi connectivity index (χ1) is 11.3. The molecule has 0 saturated carbocycles. The molecule has 2 aromatic rings. The summed E-state index contributed by atoms with van der Waals surface area (Å²) in [6.07, 6.45) is 5.10. The van der Waals surface area contributed by atoms with Gasteiger partial charge in [0, 0.05) is 17.8 Å². The number of amides is 1. The van der Waals surface area contributed by atoms with Crippen LogP contribution in [-0.2, 0) is 12.8 Å². The number of hydrogen-bond donors (Lipinski definition) is 1. The van der Waals surface area contributed by atoms with Crippen LogP contribution in [0.1, 0.15) is 41.0 Å². The van der Waals surface area contributed by atoms with E-state index in [1.807, 2.05) is 35.2 Å². The normalized spacial score (nSPS) is 20.3. The Morgan fingerprint density at radius 2 is 2.09 bits per heavy atom. The lowest BCUT2D eigenvalue weighted by Gasteiger charge is -2.32. The summed E-state index contributed by atoms with van der Waals surface area (Å²) in [7, 11) is 0. The Kier molecular flexibility index (Phi) is 3.77. The number of carbonyl (C=O) groups excluding carboxylic acids is 1. The van der Waals surface area contributed by atoms with Crippen LogP contribution in [-0.4, -0.2) is 40.2 Å². The maximum absolute atomic E-state index is 12.8. The summed E-state index contributed by atoms with van der Waals surface area (Å²) in [5.41, 5.74) is 2.89. The first kappa shape index (κ1) is 14.3. The molecule has 0 bridgehead atoms. The number of rotatable bonds is 3. The number of likely N-dealkylation sites (tertiary alicyclic amines) is 1. The molecule has 0 unspecified atom stereocenters. The zero-order valence-electron chi connectivity index (χ0n) is 13.1. The van der Waals surface area contributed by atoms with E-state index in [0.717, 1.165) is 55.7 Å². The molecule has 5 heteroatoms. The standard InChI is InChI=1S/C18H21N3O2/c22-18(17-15-9-4-10-16(15)19-20-17)21-11-5-8-14(12-21)23-13-6-2-1-3-7-13/h1-3,6-7,14H,4-5,8-12H2,(H,19,20)/t14-/m1/s1. The predicted octanol–water partition coefficient (Wildman–Crippen LogP) is 2.58. The zero-order chi connectivity index (χ0) is 15.6. The number of benzene rings is 1. The number of ether oxygens (including phenoxy) is 1. The minimum absolute atomic E-state index is 0.0470. The Morgan fingerprint density at radius 3 is 2.96 bits per heavy atom. The molecule has 1 aliphatic carbocycles. The molecule has 1 aromatic carbocycles. The lowest BCUT2D eigenvalue weighted by Crippen LogP contribution is -2.44. The minimum atomic E-state index is 0.0470. The first-order valence-corrected chi connectivity index (χ1v) is 8.38. The Hall–Kier alpha value is -2.30. The third kappa shape index (κ3) is 2.83. The van der Waals surface area contributed by atoms with E-state index in [-0.39, 0.29) is 12.0 Å². The quantitative estimate of drug-likeness (QED) is 0.948. The highest BCUT2D eigenvalue weighted by Gasteiger charge is 2.30. The molecule has 1 N–H and O–H groups in total. The van der Waals surface area contributed by atoms with Gasteiger partial charge in [0.2, 0.25) is 0 Å². The van der Waals surface area contributed by atoms with Crippen LogP contribution in [0, 0.1) is 0 Å². The molecule has 23 heavy (non-hydrogen) atoms. The average Bonchev–Trinajstić information content (AvgIpc) is 3.19. The van der Waals surface area contributed by atoms with Gasteiger partial charge in [0.15, 0.2) is 5.69 Å². The number of hydrogen-bond acceptors (Lipinski definition) is 3. The van der Waals surface area contributed by atoms with Crippen LogP contribution in [0.3, 0.4) is 0 Å². The number of aromatic amines is 1. The molecule has 5 nitrogen and oxygen atoms in total. The van der Waals surface area contributed by atoms with Gasteiger partial charge in [-0.1, -0.05) is 18.2 Å². The average molecular weight is 311 g/mol. The smallest absolute Gasteiger partial charge is 0.274 e. The van der Waals surface area contributed by atoms with Gasteiger partial charge in [-0.25, -0.2) is 0 Å². The summed E-state index contributed by atoms with van der Waals surface area (Å²) >= 11 is 0. The van der Waals surface area contributed by atoms with Gasteiger partial charge in [-0.2, -0.15) is 5.10 Å². The van der Waals surface area contributed by atoms with Gasteiger partial charge in [-0.15, -0.1) is 0 Å². The van der Waals surface area contributed by atoms with E-state index in [0.29, 0.717) is 12.2 Å². The second kappa shape index (κ2) is 6.07. The van der Waals surface area contributed by atoms with Crippen molar-refractivity contribution in [1.82, 2.24) is 15.1 Å². The molecule has 1 fully saturated rings. The molecule has 2 aliphatic rings. The zero-order valence-corrected chi connectivity index (χ0v) is 13.1. The SMILES string of the molecule is O=C(c1n[nH]c2c1CCC2)N1CCC[C@@H](Oc2ccccc2)C1. The predicted molar refractivity (Wildman–Crippen MR) is 86.6 cm³/mol. The summed E-state index contributed by atoms with van der Waals surface area (Å²) in [5, 5.41) is 7.29. The highest BCUT2D eigenvalue weighted by atomic mass is 16.5. The van der Waals surface area contributed by atoms with E-state index in [1.165, 1.54) is 0 Å². The number of para-hydroxylation sites is 1. The summed E-state index contributed by atoms with van der Waals surface area (Å²) in [6.45, 7) is 1.42. The Balaban J connectivity index is 1.45. The van der Waals surface area contributed by atoms with Gasteiger partial charge in [-0.3, -0.25) is 9.89 Å². The maximum atomic E-state index is 12.8. The van der Waals surface area contributed by atoms with Crippen molar-refractivity contribution in [2.24, 2.45) is 0 Å². The Bertz CT molecular complexity index is 696. The van der Waals surface area contributed by atoms with Crippen LogP contribution >= 0.6 is 0 Å². The second-order valence-corrected chi connectivity index (χ2v) is 6.33. The summed E-state index contributed by atoms with van der Waals surface area (Å²) in [5.74, 6) is 0.915. The van der Waals surface area contributed by atoms with Crippen LogP contribution in [0.5, 0.6) is 5.75 Å². The number of nitrogens with zero attached hydrogens (tertiary/aromatic N) is 2. The summed E-state index contributed by atoms with van der Waals surface area (Å²) in [6, 6.07) is 9.83. The van der Waals surface area contributed by atoms with E-state index < -0.39 is 0 Å². The number of piperidine rings is 1. The Labute approximate surface area is 135 Å². The van der Waals surface area contributed by atoms with Crippen LogP contribution in [0.2, 0.25) is 0 Å². The Morgan fingerprint density at radius 1 is 1.22 bits per heavy atom. The molecule has 1 aromatic heterocycles. The van der Waals surface area contributed by atoms with E-state index in [1.54, 1.807) is 0 Å². The number of aromatic nitrogens is 2. The first-order valence-electron chi connectivity index (χ1n) is 8.38. The summed E-state index contributed by atoms with van der Waals surface area (Å²) in [4.78, 5) is 14.7. The fourth-order valence-electron chi connectivity index (χ4n) is 3.56. The van der Waals surface area contributed by atoms with E-state index >= 15 is 0 Å². The molecule has 0 radical (unpaired) electrons. The third-order valence-electron chi connectivity index (χ3n) is 4.72. The van der Waals surface area contributed by atoms with Crippen molar-refractivity contribution in [3.05, 3.63) is 47.3 Å². The largest absolute Gasteiger partial charge is 0.489 e. The third-order valence-corrected chi connectivity index (χ3v) is 4.72. The van der Waals surface area contributed by atoms with E-state index in [2.05, 4.69) is 10.2 Å². The molecule has 1 aliphatic heterocycles. The van der Waals surface area contributed by atoms with Crippen molar-refractivity contribution in [3.8, 4) is 5.75 Å². The van der Waals surface area contributed by atoms with E-state index in [4.69, 9.17) is 4.74 Å². The minimum Gasteiger partial charge on any atom is -0.489 e. The summed E-state index contributed by atoms with van der Waals surface area (Å²) < 4.78 is 6.02. The second-order valence-electron chi connectivity index (χ2n) is 6.33. The van der Waals surface area contributed by atoms with Crippen molar-refractivity contribution >= 4 is 5.91 Å². The number of nitrogens with one attached hydrogen (secondary N) is 1. The van der Waals surface area contributed by atoms with Crippen molar-refractivity contribution < 1.29 is 9.53 Å². The van der Waals surface area contributed by atoms with Crippen molar-refractivity contribution in [2.45, 2.75) is 38.2 Å². The maximum Gasteiger partial charge on any atom is 0.274 e. The molecular weight excluding hydrogens is 290 g/mol. The number of aryl methyl sites for hydroxylation is 1. The molecule has 2 heterocycles. The van der Waals surface area contributed by atoms with Gasteiger partial charge in [-0.05, 0) is 44.2 Å². The monoisotopic (exact) mass is 311 g/mol. The van der Waals surface area contributed by atoms with Gasteiger partial charge < -0.3 is 9.64 Å². The molecule has 1 amide bonds. The van der Waals surface area contributed by atoms with Gasteiger partial charge in [0.1, 0.15) is 11.9 Å². The fraction of sp³-hybridized carbons (Fsp3) is 0.444. The molecular formula is C18H21N3O2. The van der Waals surface area contributed by atoms with Gasteiger partial charge in [0.05, 0.1) is 6.54 Å². The van der Waals surface area contributed by atoms with Crippen LogP contribution < -0.4 is 4.74 Å². The molecule has 4 rings (SSSR count). The van der Waals surface area contributed by atoms with Gasteiger partial charge in [0.25, 0.3) is 5.91 Å². The number of H-pyrrole nitrogens is 1. The molecule has 1 saturated heterocycles. The number of fused-ring (bicyclic) bond motifs is 1. The fourth-order valence-corrected chi connectivity index (χ4v) is 3.56. The lowest BCUT2D eigenvalue weighted by molar-refractivity contribution is 0.0531. The van der Waals surface area contributed by atoms with E-state index in [9.17, 15) is 4.79 Å². The molecule has 1 atom stereocenters. The van der Waals surface area contributed by atoms with Crippen molar-refractivity contribution in [3.63, 3.8) is 0 Å². The van der Waals surface area contributed by atoms with Gasteiger partial charge >= 0.3 is 0 Å². The van der Waals surface area contributed by atoms with Crippen molar-refractivity contribution in [1.29, 1.82) is 0 Å².